The molecule has 0 saturated heterocycles. The van der Waals surface area contributed by atoms with Crippen LogP contribution < -0.4 is 10.2 Å². The van der Waals surface area contributed by atoms with Gasteiger partial charge in [-0.05, 0) is 11.5 Å². The molecule has 79 valence electrons. The van der Waals surface area contributed by atoms with E-state index in [4.69, 9.17) is 14.5 Å². The second-order valence-electron chi connectivity index (χ2n) is 3.29. The molecule has 0 bridgehead atoms. The van der Waals surface area contributed by atoms with Gasteiger partial charge in [0.25, 0.3) is 0 Å². The Morgan fingerprint density at radius 3 is 3.13 bits per heavy atom. The van der Waals surface area contributed by atoms with Gasteiger partial charge in [-0.3, -0.25) is 0 Å². The zero-order valence-corrected chi connectivity index (χ0v) is 8.22. The maximum absolute atomic E-state index is 9.43. The van der Waals surface area contributed by atoms with Crippen molar-refractivity contribution < 1.29 is 19.6 Å². The molecule has 1 aliphatic heterocycles. The Morgan fingerprint density at radius 1 is 1.47 bits per heavy atom. The van der Waals surface area contributed by atoms with Crippen LogP contribution in [0.5, 0.6) is 5.75 Å². The number of aliphatic hydroxyl groups excluding tert-OH is 2. The molecule has 0 fully saturated rings. The molecule has 1 aromatic rings. The lowest BCUT2D eigenvalue weighted by molar-refractivity contribution is -0.00795. The Hall–Kier alpha value is -1.04. The molecule has 4 nitrogen and oxygen atoms in total. The fraction of sp³-hybridized carbons (Fsp3) is 0.400. The Bertz CT molecular complexity index is 342. The average Bonchev–Trinajstić information content (AvgIpc) is 2.62. The first-order valence-corrected chi connectivity index (χ1v) is 4.86. The van der Waals surface area contributed by atoms with E-state index in [-0.39, 0.29) is 6.61 Å². The lowest BCUT2D eigenvalue weighted by atomic mass is 9.86. The average molecular weight is 207 g/mol. The van der Waals surface area contributed by atoms with Crippen LogP contribution in [0.4, 0.5) is 0 Å². The molecule has 1 atom stereocenters. The number of ether oxygens (including phenoxy) is 1. The molecule has 2 rings (SSSR count). The van der Waals surface area contributed by atoms with E-state index in [9.17, 15) is 5.11 Å². The molecule has 1 heterocycles. The molecule has 1 unspecified atom stereocenters. The topological polar surface area (TPSA) is 58.9 Å². The highest BCUT2D eigenvalue weighted by molar-refractivity contribution is 6.50. The number of fused-ring (bicyclic) bond motifs is 1. The lowest BCUT2D eigenvalue weighted by Gasteiger charge is -2.09. The van der Waals surface area contributed by atoms with Crippen LogP contribution in [-0.2, 0) is 4.65 Å². The van der Waals surface area contributed by atoms with Crippen LogP contribution in [0.1, 0.15) is 18.3 Å². The molecule has 1 aliphatic rings. The van der Waals surface area contributed by atoms with Gasteiger partial charge in [0.05, 0.1) is 6.61 Å². The summed E-state index contributed by atoms with van der Waals surface area (Å²) in [6.07, 6.45) is -0.297. The van der Waals surface area contributed by atoms with Gasteiger partial charge < -0.3 is 19.6 Å². The maximum Gasteiger partial charge on any atom is 0.338 e. The van der Waals surface area contributed by atoms with Crippen molar-refractivity contribution in [2.45, 2.75) is 12.7 Å². The van der Waals surface area contributed by atoms with Gasteiger partial charge in [-0.1, -0.05) is 12.1 Å². The summed E-state index contributed by atoms with van der Waals surface area (Å²) in [6, 6.07) is 5.41. The predicted molar refractivity (Wildman–Crippen MR) is 55.1 cm³/mol. The third-order valence-electron chi connectivity index (χ3n) is 2.24. The highest BCUT2D eigenvalue weighted by atomic mass is 16.6. The first-order valence-electron chi connectivity index (χ1n) is 4.86. The number of hydrogen-bond donors (Lipinski definition) is 2. The van der Waals surface area contributed by atoms with Crippen LogP contribution in [-0.4, -0.2) is 30.9 Å². The number of hydrogen-bond acceptors (Lipinski definition) is 4. The van der Waals surface area contributed by atoms with Gasteiger partial charge in [-0.25, -0.2) is 0 Å². The summed E-state index contributed by atoms with van der Waals surface area (Å²) >= 11 is 0. The van der Waals surface area contributed by atoms with E-state index in [0.717, 1.165) is 11.0 Å². The number of rotatable bonds is 4. The van der Waals surface area contributed by atoms with Crippen molar-refractivity contribution in [3.8, 4) is 5.75 Å². The second-order valence-corrected chi connectivity index (χ2v) is 3.29. The van der Waals surface area contributed by atoms with Gasteiger partial charge in [0.1, 0.15) is 5.75 Å². The molecule has 5 heteroatoms. The third kappa shape index (κ3) is 2.14. The van der Waals surface area contributed by atoms with Gasteiger partial charge in [0.2, 0.25) is 0 Å². The number of aliphatic hydroxyl groups is 2. The van der Waals surface area contributed by atoms with E-state index in [1.165, 1.54) is 7.48 Å². The minimum atomic E-state index is -0.888. The molecule has 0 spiro atoms. The minimum absolute atomic E-state index is 0.109. The summed E-state index contributed by atoms with van der Waals surface area (Å²) in [5, 5.41) is 18.1. The largest absolute Gasteiger partial charge is 0.494 e. The monoisotopic (exact) mass is 207 g/mol. The molecular formula is C10H12BO4. The van der Waals surface area contributed by atoms with Crippen molar-refractivity contribution in [2.24, 2.45) is 0 Å². The maximum atomic E-state index is 9.43. The van der Waals surface area contributed by atoms with Gasteiger partial charge in [0, 0.05) is 18.6 Å². The van der Waals surface area contributed by atoms with Crippen molar-refractivity contribution in [1.82, 2.24) is 0 Å². The van der Waals surface area contributed by atoms with Crippen LogP contribution in [0, 0.1) is 0 Å². The van der Waals surface area contributed by atoms with E-state index >= 15 is 0 Å². The summed E-state index contributed by atoms with van der Waals surface area (Å²) in [5.74, 6) is 0.678. The molecule has 0 aromatic heterocycles. The summed E-state index contributed by atoms with van der Waals surface area (Å²) in [4.78, 5) is 0. The quantitative estimate of drug-likeness (QED) is 0.526. The van der Waals surface area contributed by atoms with Crippen LogP contribution >= 0.6 is 0 Å². The standard InChI is InChI=1S/C10H12BO4/c12-5-2-6-14-8-4-1-3-7-9(8)11-15-10(7)13/h1,3-4,10,12-13H,2,5-6H2. The fourth-order valence-electron chi connectivity index (χ4n) is 1.48. The predicted octanol–water partition coefficient (Wildman–Crippen LogP) is -0.287. The molecule has 0 aliphatic carbocycles. The third-order valence-corrected chi connectivity index (χ3v) is 2.24. The minimum Gasteiger partial charge on any atom is -0.494 e. The van der Waals surface area contributed by atoms with E-state index in [1.54, 1.807) is 12.1 Å². The highest BCUT2D eigenvalue weighted by Crippen LogP contribution is 2.22. The Balaban J connectivity index is 2.12. The van der Waals surface area contributed by atoms with E-state index in [1.807, 2.05) is 6.07 Å². The SMILES string of the molecule is OCCCOc1cccc2c1[B]OC2O. The summed E-state index contributed by atoms with van der Waals surface area (Å²) in [7, 11) is 1.49. The van der Waals surface area contributed by atoms with E-state index in [2.05, 4.69) is 0 Å². The van der Waals surface area contributed by atoms with Crippen LogP contribution in [0.3, 0.4) is 0 Å². The van der Waals surface area contributed by atoms with Crippen molar-refractivity contribution in [3.63, 3.8) is 0 Å². The molecule has 0 saturated carbocycles. The van der Waals surface area contributed by atoms with Crippen molar-refractivity contribution in [3.05, 3.63) is 23.8 Å². The van der Waals surface area contributed by atoms with Gasteiger partial charge in [-0.15, -0.1) is 0 Å². The van der Waals surface area contributed by atoms with Crippen LogP contribution in [0.2, 0.25) is 0 Å². The van der Waals surface area contributed by atoms with Gasteiger partial charge >= 0.3 is 7.48 Å². The normalized spacial score (nSPS) is 18.4. The first kappa shape index (κ1) is 10.5. The molecule has 0 amide bonds. The summed E-state index contributed by atoms with van der Waals surface area (Å²) in [6.45, 7) is 0.564. The van der Waals surface area contributed by atoms with Crippen molar-refractivity contribution in [1.29, 1.82) is 0 Å². The summed E-state index contributed by atoms with van der Waals surface area (Å²) in [5.41, 5.74) is 1.50. The smallest absolute Gasteiger partial charge is 0.338 e. The van der Waals surface area contributed by atoms with Crippen LogP contribution in [0.15, 0.2) is 18.2 Å². The molecule has 1 radical (unpaired) electrons. The lowest BCUT2D eigenvalue weighted by Crippen LogP contribution is -2.16. The molecule has 15 heavy (non-hydrogen) atoms. The van der Waals surface area contributed by atoms with Gasteiger partial charge in [-0.2, -0.15) is 0 Å². The zero-order chi connectivity index (χ0) is 10.7. The highest BCUT2D eigenvalue weighted by Gasteiger charge is 2.25. The Kier molecular flexibility index (Phi) is 3.25. The fourth-order valence-corrected chi connectivity index (χ4v) is 1.48. The zero-order valence-electron chi connectivity index (χ0n) is 8.22. The second kappa shape index (κ2) is 4.66. The molecule has 1 aromatic carbocycles. The van der Waals surface area contributed by atoms with Crippen molar-refractivity contribution in [2.75, 3.05) is 13.2 Å². The number of benzene rings is 1. The van der Waals surface area contributed by atoms with E-state index in [0.29, 0.717) is 18.8 Å². The first-order chi connectivity index (χ1) is 7.33. The Morgan fingerprint density at radius 2 is 2.33 bits per heavy atom. The molecular weight excluding hydrogens is 195 g/mol. The Labute approximate surface area is 88.7 Å². The van der Waals surface area contributed by atoms with Crippen molar-refractivity contribution >= 4 is 12.9 Å². The summed E-state index contributed by atoms with van der Waals surface area (Å²) < 4.78 is 10.4. The van der Waals surface area contributed by atoms with Crippen LogP contribution in [0.25, 0.3) is 0 Å². The molecule has 2 N–H and O–H groups in total. The van der Waals surface area contributed by atoms with Gasteiger partial charge in [0.15, 0.2) is 6.29 Å². The van der Waals surface area contributed by atoms with E-state index < -0.39 is 6.29 Å².